The van der Waals surface area contributed by atoms with Crippen LogP contribution in [0.15, 0.2) is 66.7 Å². The highest BCUT2D eigenvalue weighted by Crippen LogP contribution is 2.13. The SMILES string of the molecule is CCCCCCCc1ccc(C#Cc2ccc(C#Cc3ccc(CCCCCCC)cc3)c(F)c2)cc1. The Labute approximate surface area is 224 Å². The summed E-state index contributed by atoms with van der Waals surface area (Å²) >= 11 is 0. The van der Waals surface area contributed by atoms with E-state index in [9.17, 15) is 4.39 Å². The molecule has 0 aliphatic heterocycles. The Balaban J connectivity index is 1.52. The number of aryl methyl sites for hydroxylation is 2. The smallest absolute Gasteiger partial charge is 0.140 e. The Morgan fingerprint density at radius 3 is 1.41 bits per heavy atom. The fraction of sp³-hybridized carbons (Fsp3) is 0.389. The number of hydrogen-bond donors (Lipinski definition) is 0. The number of benzene rings is 3. The fourth-order valence-electron chi connectivity index (χ4n) is 4.35. The first kappa shape index (κ1) is 28.3. The molecule has 0 nitrogen and oxygen atoms in total. The van der Waals surface area contributed by atoms with Gasteiger partial charge in [0, 0.05) is 16.7 Å². The maximum absolute atomic E-state index is 14.6. The van der Waals surface area contributed by atoms with E-state index in [0.717, 1.165) is 24.0 Å². The van der Waals surface area contributed by atoms with Crippen molar-refractivity contribution in [3.63, 3.8) is 0 Å². The Morgan fingerprint density at radius 1 is 0.486 bits per heavy atom. The van der Waals surface area contributed by atoms with Crippen LogP contribution in [0.3, 0.4) is 0 Å². The molecule has 0 bridgehead atoms. The predicted octanol–water partition coefficient (Wildman–Crippen LogP) is 9.65. The average molecular weight is 493 g/mol. The van der Waals surface area contributed by atoms with Crippen LogP contribution in [-0.4, -0.2) is 0 Å². The summed E-state index contributed by atoms with van der Waals surface area (Å²) in [7, 11) is 0. The molecule has 3 aromatic carbocycles. The number of halogens is 1. The van der Waals surface area contributed by atoms with Crippen LogP contribution >= 0.6 is 0 Å². The zero-order chi connectivity index (χ0) is 26.1. The van der Waals surface area contributed by atoms with Crippen molar-refractivity contribution >= 4 is 0 Å². The molecule has 0 atom stereocenters. The molecule has 0 aliphatic rings. The molecule has 3 aromatic rings. The van der Waals surface area contributed by atoms with Crippen LogP contribution in [0.25, 0.3) is 0 Å². The van der Waals surface area contributed by atoms with Gasteiger partial charge >= 0.3 is 0 Å². The molecule has 0 saturated heterocycles. The first-order chi connectivity index (χ1) is 18.2. The van der Waals surface area contributed by atoms with E-state index < -0.39 is 0 Å². The highest BCUT2D eigenvalue weighted by Gasteiger charge is 2.01. The second-order valence-corrected chi connectivity index (χ2v) is 9.92. The van der Waals surface area contributed by atoms with Crippen molar-refractivity contribution in [2.24, 2.45) is 0 Å². The first-order valence-corrected chi connectivity index (χ1v) is 14.2. The third-order valence-electron chi connectivity index (χ3n) is 6.71. The Bertz CT molecular complexity index is 1190. The van der Waals surface area contributed by atoms with Gasteiger partial charge in [0.05, 0.1) is 5.56 Å². The van der Waals surface area contributed by atoms with E-state index in [1.165, 1.54) is 81.4 Å². The highest BCUT2D eigenvalue weighted by molar-refractivity contribution is 5.49. The van der Waals surface area contributed by atoms with Gasteiger partial charge in [0.15, 0.2) is 0 Å². The van der Waals surface area contributed by atoms with E-state index in [4.69, 9.17) is 0 Å². The summed E-state index contributed by atoms with van der Waals surface area (Å²) in [5, 5.41) is 0. The lowest BCUT2D eigenvalue weighted by molar-refractivity contribution is 0.624. The minimum Gasteiger partial charge on any atom is -0.206 e. The third kappa shape index (κ3) is 10.7. The minimum absolute atomic E-state index is 0.332. The molecule has 3 rings (SSSR count). The van der Waals surface area contributed by atoms with Crippen LogP contribution < -0.4 is 0 Å². The number of unbranched alkanes of at least 4 members (excludes halogenated alkanes) is 8. The first-order valence-electron chi connectivity index (χ1n) is 14.2. The molecule has 0 radical (unpaired) electrons. The van der Waals surface area contributed by atoms with Crippen LogP contribution in [0, 0.1) is 29.5 Å². The van der Waals surface area contributed by atoms with E-state index in [0.29, 0.717) is 11.1 Å². The molecule has 0 aromatic heterocycles. The molecular weight excluding hydrogens is 451 g/mol. The Hall–Kier alpha value is -3.29. The van der Waals surface area contributed by atoms with E-state index in [1.54, 1.807) is 6.07 Å². The lowest BCUT2D eigenvalue weighted by Gasteiger charge is -2.02. The second kappa shape index (κ2) is 16.5. The van der Waals surface area contributed by atoms with Crippen molar-refractivity contribution in [2.75, 3.05) is 0 Å². The monoisotopic (exact) mass is 492 g/mol. The van der Waals surface area contributed by atoms with Crippen LogP contribution in [0.4, 0.5) is 4.39 Å². The Kier molecular flexibility index (Phi) is 12.6. The molecule has 0 saturated carbocycles. The molecule has 0 unspecified atom stereocenters. The molecule has 0 fully saturated rings. The second-order valence-electron chi connectivity index (χ2n) is 9.92. The van der Waals surface area contributed by atoms with Crippen molar-refractivity contribution in [3.05, 3.63) is 106 Å². The van der Waals surface area contributed by atoms with Crippen molar-refractivity contribution < 1.29 is 4.39 Å². The van der Waals surface area contributed by atoms with Gasteiger partial charge in [0.25, 0.3) is 0 Å². The Morgan fingerprint density at radius 2 is 0.919 bits per heavy atom. The fourth-order valence-corrected chi connectivity index (χ4v) is 4.35. The van der Waals surface area contributed by atoms with Gasteiger partial charge in [-0.15, -0.1) is 0 Å². The number of rotatable bonds is 12. The van der Waals surface area contributed by atoms with E-state index in [1.807, 2.05) is 18.2 Å². The van der Waals surface area contributed by atoms with Gasteiger partial charge in [-0.1, -0.05) is 113 Å². The van der Waals surface area contributed by atoms with Crippen LogP contribution in [0.1, 0.15) is 111 Å². The average Bonchev–Trinajstić information content (AvgIpc) is 2.92. The third-order valence-corrected chi connectivity index (χ3v) is 6.71. The zero-order valence-corrected chi connectivity index (χ0v) is 22.7. The normalized spacial score (nSPS) is 10.4. The van der Waals surface area contributed by atoms with Gasteiger partial charge < -0.3 is 0 Å². The van der Waals surface area contributed by atoms with Crippen LogP contribution in [0.2, 0.25) is 0 Å². The van der Waals surface area contributed by atoms with Crippen LogP contribution in [-0.2, 0) is 12.8 Å². The maximum Gasteiger partial charge on any atom is 0.140 e. The van der Waals surface area contributed by atoms with E-state index in [-0.39, 0.29) is 5.82 Å². The molecule has 0 N–H and O–H groups in total. The van der Waals surface area contributed by atoms with Gasteiger partial charge in [-0.05, 0) is 79.3 Å². The maximum atomic E-state index is 14.6. The van der Waals surface area contributed by atoms with Crippen molar-refractivity contribution in [3.8, 4) is 23.7 Å². The van der Waals surface area contributed by atoms with E-state index in [2.05, 4.69) is 73.9 Å². The molecule has 0 amide bonds. The van der Waals surface area contributed by atoms with Gasteiger partial charge in [0.2, 0.25) is 0 Å². The van der Waals surface area contributed by atoms with Gasteiger partial charge in [-0.25, -0.2) is 4.39 Å². The molecule has 37 heavy (non-hydrogen) atoms. The van der Waals surface area contributed by atoms with Crippen molar-refractivity contribution in [1.29, 1.82) is 0 Å². The van der Waals surface area contributed by atoms with Gasteiger partial charge in [0.1, 0.15) is 5.82 Å². The standard InChI is InChI=1S/C36H41F/c1-3-5-7-9-11-13-30-15-19-32(20-16-30)23-24-34-26-28-35(36(37)29-34)27-25-33-21-17-31(18-22-33)14-12-10-8-6-4-2/h15-22,26,28-29H,3-14H2,1-2H3. The number of hydrogen-bond acceptors (Lipinski definition) is 0. The lowest BCUT2D eigenvalue weighted by Crippen LogP contribution is -1.88. The molecule has 0 heterocycles. The van der Waals surface area contributed by atoms with Gasteiger partial charge in [-0.3, -0.25) is 0 Å². The van der Waals surface area contributed by atoms with Gasteiger partial charge in [-0.2, -0.15) is 0 Å². The summed E-state index contributed by atoms with van der Waals surface area (Å²) in [6.45, 7) is 4.48. The largest absolute Gasteiger partial charge is 0.206 e. The zero-order valence-electron chi connectivity index (χ0n) is 22.7. The molecule has 1 heteroatoms. The lowest BCUT2D eigenvalue weighted by atomic mass is 10.0. The summed E-state index contributed by atoms with van der Waals surface area (Å²) < 4.78 is 14.6. The topological polar surface area (TPSA) is 0 Å². The summed E-state index contributed by atoms with van der Waals surface area (Å²) in [4.78, 5) is 0. The molecule has 0 spiro atoms. The quantitative estimate of drug-likeness (QED) is 0.174. The summed E-state index contributed by atoms with van der Waals surface area (Å²) in [6, 6.07) is 21.8. The van der Waals surface area contributed by atoms with Crippen molar-refractivity contribution in [1.82, 2.24) is 0 Å². The summed E-state index contributed by atoms with van der Waals surface area (Å²) in [5.41, 5.74) is 5.60. The molecule has 0 aliphatic carbocycles. The summed E-state index contributed by atoms with van der Waals surface area (Å²) in [5.74, 6) is 12.0. The minimum atomic E-state index is -0.332. The summed E-state index contributed by atoms with van der Waals surface area (Å²) in [6.07, 6.45) is 15.1. The highest BCUT2D eigenvalue weighted by atomic mass is 19.1. The van der Waals surface area contributed by atoms with Crippen molar-refractivity contribution in [2.45, 2.75) is 90.9 Å². The van der Waals surface area contributed by atoms with E-state index >= 15 is 0 Å². The predicted molar refractivity (Wildman–Crippen MR) is 156 cm³/mol. The molecular formula is C36H41F. The van der Waals surface area contributed by atoms with Crippen LogP contribution in [0.5, 0.6) is 0 Å². The molecule has 192 valence electrons.